The zero-order valence-corrected chi connectivity index (χ0v) is 16.5. The molecule has 0 atom stereocenters. The molecule has 0 bridgehead atoms. The zero-order valence-electron chi connectivity index (χ0n) is 14.9. The summed E-state index contributed by atoms with van der Waals surface area (Å²) in [6.07, 6.45) is 0. The van der Waals surface area contributed by atoms with Crippen LogP contribution in [0.4, 0.5) is 15.8 Å². The normalized spacial score (nSPS) is 10.1. The molecule has 0 unspecified atom stereocenters. The van der Waals surface area contributed by atoms with Gasteiger partial charge in [-0.05, 0) is 60.7 Å². The third-order valence-electron chi connectivity index (χ3n) is 3.81. The van der Waals surface area contributed by atoms with E-state index in [0.29, 0.717) is 22.0 Å². The molecule has 3 N–H and O–H groups in total. The van der Waals surface area contributed by atoms with Crippen LogP contribution in [-0.2, 0) is 0 Å². The minimum atomic E-state index is -0.537. The van der Waals surface area contributed by atoms with Crippen LogP contribution < -0.4 is 16.0 Å². The van der Waals surface area contributed by atoms with E-state index < -0.39 is 11.7 Å². The fourth-order valence-electron chi connectivity index (χ4n) is 2.49. The van der Waals surface area contributed by atoms with Crippen molar-refractivity contribution >= 4 is 52.1 Å². The van der Waals surface area contributed by atoms with Crippen molar-refractivity contribution in [1.82, 2.24) is 5.32 Å². The molecular formula is C21H15ClFN3O2S. The van der Waals surface area contributed by atoms with Gasteiger partial charge in [0, 0.05) is 16.9 Å². The van der Waals surface area contributed by atoms with Crippen molar-refractivity contribution in [3.8, 4) is 0 Å². The Morgan fingerprint density at radius 2 is 1.52 bits per heavy atom. The van der Waals surface area contributed by atoms with Gasteiger partial charge in [-0.3, -0.25) is 14.9 Å². The molecule has 3 aromatic carbocycles. The average molecular weight is 428 g/mol. The molecule has 0 aliphatic heterocycles. The summed E-state index contributed by atoms with van der Waals surface area (Å²) in [6, 6.07) is 18.8. The zero-order chi connectivity index (χ0) is 20.8. The van der Waals surface area contributed by atoms with Crippen molar-refractivity contribution in [1.29, 1.82) is 0 Å². The molecule has 3 rings (SSSR count). The summed E-state index contributed by atoms with van der Waals surface area (Å²) in [4.78, 5) is 24.5. The van der Waals surface area contributed by atoms with Gasteiger partial charge >= 0.3 is 0 Å². The minimum absolute atomic E-state index is 0.0360. The molecule has 0 radical (unpaired) electrons. The summed E-state index contributed by atoms with van der Waals surface area (Å²) >= 11 is 11.2. The summed E-state index contributed by atoms with van der Waals surface area (Å²) in [5.74, 6) is -1.40. The van der Waals surface area contributed by atoms with E-state index in [2.05, 4.69) is 16.0 Å². The molecule has 0 heterocycles. The van der Waals surface area contributed by atoms with E-state index in [1.54, 1.807) is 48.5 Å². The molecular weight excluding hydrogens is 413 g/mol. The van der Waals surface area contributed by atoms with Crippen LogP contribution in [0.15, 0.2) is 72.8 Å². The summed E-state index contributed by atoms with van der Waals surface area (Å²) in [5, 5.41) is 8.46. The van der Waals surface area contributed by atoms with Crippen molar-refractivity contribution in [2.75, 3.05) is 10.6 Å². The lowest BCUT2D eigenvalue weighted by atomic mass is 10.2. The molecule has 0 fully saturated rings. The summed E-state index contributed by atoms with van der Waals surface area (Å²) in [7, 11) is 0. The van der Waals surface area contributed by atoms with Crippen LogP contribution in [0.3, 0.4) is 0 Å². The van der Waals surface area contributed by atoms with E-state index in [0.717, 1.165) is 6.07 Å². The highest BCUT2D eigenvalue weighted by Crippen LogP contribution is 2.19. The van der Waals surface area contributed by atoms with Crippen molar-refractivity contribution in [2.45, 2.75) is 0 Å². The predicted molar refractivity (Wildman–Crippen MR) is 116 cm³/mol. The second-order valence-corrected chi connectivity index (χ2v) is 6.75. The molecule has 8 heteroatoms. The fraction of sp³-hybridized carbons (Fsp3) is 0. The number of carbonyl (C=O) groups is 2. The number of carbonyl (C=O) groups excluding carboxylic acids is 2. The number of nitrogens with one attached hydrogen (secondary N) is 3. The first-order valence-electron chi connectivity index (χ1n) is 8.46. The van der Waals surface area contributed by atoms with Gasteiger partial charge in [0.1, 0.15) is 5.82 Å². The van der Waals surface area contributed by atoms with E-state index in [9.17, 15) is 14.0 Å². The molecule has 0 aromatic heterocycles. The molecule has 0 aliphatic carbocycles. The molecule has 29 heavy (non-hydrogen) atoms. The minimum Gasteiger partial charge on any atom is -0.332 e. The fourth-order valence-corrected chi connectivity index (χ4v) is 2.92. The van der Waals surface area contributed by atoms with Gasteiger partial charge in [-0.2, -0.15) is 0 Å². The van der Waals surface area contributed by atoms with E-state index in [1.807, 2.05) is 0 Å². The molecule has 5 nitrogen and oxygen atoms in total. The van der Waals surface area contributed by atoms with E-state index >= 15 is 0 Å². The van der Waals surface area contributed by atoms with Gasteiger partial charge in [-0.1, -0.05) is 35.9 Å². The Bertz CT molecular complexity index is 1090. The molecule has 0 aliphatic rings. The summed E-state index contributed by atoms with van der Waals surface area (Å²) < 4.78 is 13.2. The highest BCUT2D eigenvalue weighted by Gasteiger charge is 2.11. The molecule has 0 spiro atoms. The Hall–Kier alpha value is -3.29. The third kappa shape index (κ3) is 5.60. The lowest BCUT2D eigenvalue weighted by Crippen LogP contribution is -2.34. The van der Waals surface area contributed by atoms with Gasteiger partial charge in [-0.15, -0.1) is 0 Å². The van der Waals surface area contributed by atoms with Gasteiger partial charge in [-0.25, -0.2) is 4.39 Å². The van der Waals surface area contributed by atoms with E-state index in [4.69, 9.17) is 23.8 Å². The van der Waals surface area contributed by atoms with Crippen LogP contribution in [0.5, 0.6) is 0 Å². The molecule has 0 saturated heterocycles. The van der Waals surface area contributed by atoms with Crippen molar-refractivity contribution in [3.05, 3.63) is 94.8 Å². The predicted octanol–water partition coefficient (Wildman–Crippen LogP) is 4.86. The number of halogens is 2. The number of amides is 2. The second-order valence-electron chi connectivity index (χ2n) is 5.93. The first-order valence-corrected chi connectivity index (χ1v) is 9.25. The number of anilines is 2. The van der Waals surface area contributed by atoms with Gasteiger partial charge in [0.05, 0.1) is 10.6 Å². The number of thiocarbonyl (C=S) groups is 1. The first-order chi connectivity index (χ1) is 13.9. The maximum atomic E-state index is 13.2. The van der Waals surface area contributed by atoms with Gasteiger partial charge in [0.2, 0.25) is 0 Å². The SMILES string of the molecule is O=C(NC(=S)Nc1cccc(NC(=O)c2ccccc2Cl)c1)c1cccc(F)c1. The number of hydrogen-bond acceptors (Lipinski definition) is 3. The van der Waals surface area contributed by atoms with Crippen LogP contribution in [0.1, 0.15) is 20.7 Å². The Morgan fingerprint density at radius 3 is 2.24 bits per heavy atom. The highest BCUT2D eigenvalue weighted by atomic mass is 35.5. The van der Waals surface area contributed by atoms with Gasteiger partial charge in [0.25, 0.3) is 11.8 Å². The topological polar surface area (TPSA) is 70.2 Å². The summed E-state index contributed by atoms with van der Waals surface area (Å²) in [5.41, 5.74) is 1.56. The van der Waals surface area contributed by atoms with Gasteiger partial charge in [0.15, 0.2) is 5.11 Å². The lowest BCUT2D eigenvalue weighted by molar-refractivity contribution is 0.0976. The van der Waals surface area contributed by atoms with Crippen LogP contribution in [0.25, 0.3) is 0 Å². The van der Waals surface area contributed by atoms with Crippen LogP contribution in [0.2, 0.25) is 5.02 Å². The maximum absolute atomic E-state index is 13.2. The highest BCUT2D eigenvalue weighted by molar-refractivity contribution is 7.80. The smallest absolute Gasteiger partial charge is 0.257 e. The summed E-state index contributed by atoms with van der Waals surface area (Å²) in [6.45, 7) is 0. The Labute approximate surface area is 176 Å². The number of hydrogen-bond donors (Lipinski definition) is 3. The lowest BCUT2D eigenvalue weighted by Gasteiger charge is -2.12. The van der Waals surface area contributed by atoms with Crippen LogP contribution >= 0.6 is 23.8 Å². The largest absolute Gasteiger partial charge is 0.332 e. The van der Waals surface area contributed by atoms with Crippen molar-refractivity contribution < 1.29 is 14.0 Å². The molecule has 146 valence electrons. The van der Waals surface area contributed by atoms with E-state index in [-0.39, 0.29) is 16.6 Å². The molecule has 2 amide bonds. The Morgan fingerprint density at radius 1 is 0.828 bits per heavy atom. The van der Waals surface area contributed by atoms with Crippen molar-refractivity contribution in [3.63, 3.8) is 0 Å². The quantitative estimate of drug-likeness (QED) is 0.520. The van der Waals surface area contributed by atoms with Crippen molar-refractivity contribution in [2.24, 2.45) is 0 Å². The first kappa shape index (κ1) is 20.4. The Balaban J connectivity index is 1.63. The van der Waals surface area contributed by atoms with E-state index in [1.165, 1.54) is 18.2 Å². The Kier molecular flexibility index (Phi) is 6.54. The molecule has 0 saturated carbocycles. The number of benzene rings is 3. The standard InChI is InChI=1S/C21H15ClFN3O2S/c22-18-10-2-1-9-17(18)20(28)24-15-7-4-8-16(12-15)25-21(29)26-19(27)13-5-3-6-14(23)11-13/h1-12H,(H,24,28)(H2,25,26,27,29). The van der Waals surface area contributed by atoms with Crippen LogP contribution in [-0.4, -0.2) is 16.9 Å². The van der Waals surface area contributed by atoms with Crippen LogP contribution in [0, 0.1) is 5.82 Å². The maximum Gasteiger partial charge on any atom is 0.257 e. The monoisotopic (exact) mass is 427 g/mol. The third-order valence-corrected chi connectivity index (χ3v) is 4.34. The van der Waals surface area contributed by atoms with Gasteiger partial charge < -0.3 is 10.6 Å². The second kappa shape index (κ2) is 9.27. The number of rotatable bonds is 4. The average Bonchev–Trinajstić information content (AvgIpc) is 2.68. The molecule has 3 aromatic rings.